The zero-order valence-corrected chi connectivity index (χ0v) is 11.9. The third kappa shape index (κ3) is 3.00. The lowest BCUT2D eigenvalue weighted by molar-refractivity contribution is 0.102. The zero-order chi connectivity index (χ0) is 14.7. The van der Waals surface area contributed by atoms with Gasteiger partial charge in [0.2, 0.25) is 0 Å². The molecule has 104 valence electrons. The van der Waals surface area contributed by atoms with Gasteiger partial charge >= 0.3 is 0 Å². The van der Waals surface area contributed by atoms with Crippen molar-refractivity contribution in [3.8, 4) is 5.75 Å². The Morgan fingerprint density at radius 3 is 2.75 bits per heavy atom. The van der Waals surface area contributed by atoms with E-state index in [4.69, 9.17) is 22.1 Å². The number of methoxy groups -OCH3 is 1. The van der Waals surface area contributed by atoms with E-state index in [2.05, 4.69) is 10.3 Å². The molecule has 0 spiro atoms. The molecule has 5 nitrogen and oxygen atoms in total. The number of nitrogens with one attached hydrogen (secondary N) is 1. The number of amides is 1. The number of carbonyl (C=O) groups is 1. The minimum Gasteiger partial charge on any atom is -0.496 e. The summed E-state index contributed by atoms with van der Waals surface area (Å²) in [6, 6.07) is 8.40. The fraction of sp³-hybridized carbons (Fsp3) is 0.143. The molecule has 0 saturated carbocycles. The van der Waals surface area contributed by atoms with Crippen molar-refractivity contribution in [1.82, 2.24) is 4.98 Å². The van der Waals surface area contributed by atoms with Gasteiger partial charge in [0.25, 0.3) is 5.91 Å². The molecule has 3 N–H and O–H groups in total. The number of halogens is 1. The van der Waals surface area contributed by atoms with Crippen LogP contribution in [0.5, 0.6) is 5.75 Å². The van der Waals surface area contributed by atoms with Crippen LogP contribution < -0.4 is 15.8 Å². The number of aromatic nitrogens is 1. The number of anilines is 2. The Bertz CT molecular complexity index is 659. The molecule has 20 heavy (non-hydrogen) atoms. The Balaban J connectivity index is 2.23. The average Bonchev–Trinajstić information content (AvgIpc) is 2.41. The molecule has 1 heterocycles. The van der Waals surface area contributed by atoms with Crippen LogP contribution in [0.4, 0.5) is 11.5 Å². The van der Waals surface area contributed by atoms with Gasteiger partial charge in [-0.3, -0.25) is 4.79 Å². The number of ether oxygens (including phenoxy) is 1. The first kappa shape index (κ1) is 14.1. The van der Waals surface area contributed by atoms with E-state index < -0.39 is 5.91 Å². The summed E-state index contributed by atoms with van der Waals surface area (Å²) in [6.07, 6.45) is 0. The van der Waals surface area contributed by atoms with Crippen LogP contribution in [0.25, 0.3) is 0 Å². The van der Waals surface area contributed by atoms with E-state index in [-0.39, 0.29) is 16.5 Å². The topological polar surface area (TPSA) is 77.2 Å². The van der Waals surface area contributed by atoms with Gasteiger partial charge in [-0.05, 0) is 42.8 Å². The van der Waals surface area contributed by atoms with Gasteiger partial charge < -0.3 is 15.8 Å². The van der Waals surface area contributed by atoms with Gasteiger partial charge in [-0.2, -0.15) is 0 Å². The number of rotatable bonds is 3. The van der Waals surface area contributed by atoms with Crippen LogP contribution >= 0.6 is 11.6 Å². The average molecular weight is 292 g/mol. The predicted molar refractivity (Wildman–Crippen MR) is 79.3 cm³/mol. The first-order valence-corrected chi connectivity index (χ1v) is 6.27. The number of hydrogen-bond acceptors (Lipinski definition) is 4. The van der Waals surface area contributed by atoms with E-state index in [1.807, 2.05) is 6.92 Å². The van der Waals surface area contributed by atoms with Gasteiger partial charge in [0.05, 0.1) is 12.1 Å². The molecule has 1 aromatic carbocycles. The lowest BCUT2D eigenvalue weighted by Gasteiger charge is -2.09. The number of nitrogens with two attached hydrogens (primary N) is 1. The van der Waals surface area contributed by atoms with Gasteiger partial charge in [0, 0.05) is 5.69 Å². The number of nitrogen functional groups attached to an aromatic ring is 1. The lowest BCUT2D eigenvalue weighted by Crippen LogP contribution is -2.15. The predicted octanol–water partition coefficient (Wildman–Crippen LogP) is 2.89. The maximum atomic E-state index is 12.1. The molecule has 0 aliphatic heterocycles. The van der Waals surface area contributed by atoms with E-state index in [0.717, 1.165) is 11.3 Å². The highest BCUT2D eigenvalue weighted by atomic mass is 35.5. The van der Waals surface area contributed by atoms with Crippen molar-refractivity contribution in [2.24, 2.45) is 0 Å². The molecule has 0 unspecified atom stereocenters. The molecular formula is C14H14ClN3O2. The number of pyridine rings is 1. The summed E-state index contributed by atoms with van der Waals surface area (Å²) in [6.45, 7) is 1.89. The highest BCUT2D eigenvalue weighted by Crippen LogP contribution is 2.22. The first-order valence-electron chi connectivity index (χ1n) is 5.89. The standard InChI is InChI=1S/C14H14ClN3O2/c1-8-7-9(3-5-11(8)20-2)17-14(19)13-10(15)4-6-12(16)18-13/h3-7H,1-2H3,(H2,16,18)(H,17,19). The van der Waals surface area contributed by atoms with Crippen molar-refractivity contribution >= 4 is 29.0 Å². The summed E-state index contributed by atoms with van der Waals surface area (Å²) in [5.74, 6) is 0.584. The second-order valence-electron chi connectivity index (χ2n) is 4.21. The highest BCUT2D eigenvalue weighted by Gasteiger charge is 2.13. The second kappa shape index (κ2) is 5.79. The molecule has 1 aromatic heterocycles. The van der Waals surface area contributed by atoms with Crippen LogP contribution in [0.3, 0.4) is 0 Å². The largest absolute Gasteiger partial charge is 0.496 e. The van der Waals surface area contributed by atoms with E-state index in [1.54, 1.807) is 25.3 Å². The smallest absolute Gasteiger partial charge is 0.275 e. The molecule has 0 radical (unpaired) electrons. The van der Waals surface area contributed by atoms with E-state index in [1.165, 1.54) is 12.1 Å². The van der Waals surface area contributed by atoms with Crippen LogP contribution in [0.2, 0.25) is 5.02 Å². The Morgan fingerprint density at radius 1 is 1.35 bits per heavy atom. The van der Waals surface area contributed by atoms with Crippen molar-refractivity contribution < 1.29 is 9.53 Å². The summed E-state index contributed by atoms with van der Waals surface area (Å²) in [5.41, 5.74) is 7.20. The number of nitrogens with zero attached hydrogens (tertiary/aromatic N) is 1. The van der Waals surface area contributed by atoms with Gasteiger partial charge in [-0.15, -0.1) is 0 Å². The fourth-order valence-electron chi connectivity index (χ4n) is 1.76. The minimum absolute atomic E-state index is 0.0973. The third-order valence-corrected chi connectivity index (χ3v) is 3.04. The molecule has 2 rings (SSSR count). The number of carbonyl (C=O) groups excluding carboxylic acids is 1. The highest BCUT2D eigenvalue weighted by molar-refractivity contribution is 6.34. The first-order chi connectivity index (χ1) is 9.51. The summed E-state index contributed by atoms with van der Waals surface area (Å²) in [5, 5.41) is 2.97. The van der Waals surface area contributed by atoms with Gasteiger partial charge in [0.15, 0.2) is 0 Å². The Labute approximate surface area is 121 Å². The second-order valence-corrected chi connectivity index (χ2v) is 4.61. The molecule has 1 amide bonds. The van der Waals surface area contributed by atoms with Crippen molar-refractivity contribution in [2.75, 3.05) is 18.2 Å². The quantitative estimate of drug-likeness (QED) is 0.911. The molecule has 0 aliphatic carbocycles. The lowest BCUT2D eigenvalue weighted by atomic mass is 10.2. The van der Waals surface area contributed by atoms with Crippen LogP contribution in [0.1, 0.15) is 16.1 Å². The molecule has 0 saturated heterocycles. The molecule has 6 heteroatoms. The Hall–Kier alpha value is -2.27. The summed E-state index contributed by atoms with van der Waals surface area (Å²) < 4.78 is 5.16. The third-order valence-electron chi connectivity index (χ3n) is 2.74. The summed E-state index contributed by atoms with van der Waals surface area (Å²) in [7, 11) is 1.59. The fourth-order valence-corrected chi connectivity index (χ4v) is 1.95. The molecule has 0 aliphatic rings. The van der Waals surface area contributed by atoms with Gasteiger partial charge in [-0.25, -0.2) is 4.98 Å². The van der Waals surface area contributed by atoms with Crippen LogP contribution in [0, 0.1) is 6.92 Å². The van der Waals surface area contributed by atoms with Crippen molar-refractivity contribution in [1.29, 1.82) is 0 Å². The molecule has 0 fully saturated rings. The van der Waals surface area contributed by atoms with Gasteiger partial charge in [-0.1, -0.05) is 11.6 Å². The maximum absolute atomic E-state index is 12.1. The number of hydrogen-bond donors (Lipinski definition) is 2. The van der Waals surface area contributed by atoms with E-state index >= 15 is 0 Å². The minimum atomic E-state index is -0.410. The zero-order valence-electron chi connectivity index (χ0n) is 11.1. The molecule has 0 atom stereocenters. The summed E-state index contributed by atoms with van der Waals surface area (Å²) in [4.78, 5) is 16.0. The van der Waals surface area contributed by atoms with Crippen molar-refractivity contribution in [3.05, 3.63) is 46.6 Å². The normalized spacial score (nSPS) is 10.2. The Morgan fingerprint density at radius 2 is 2.10 bits per heavy atom. The number of aryl methyl sites for hydroxylation is 1. The van der Waals surface area contributed by atoms with E-state index in [9.17, 15) is 4.79 Å². The Kier molecular flexibility index (Phi) is 4.10. The van der Waals surface area contributed by atoms with E-state index in [0.29, 0.717) is 5.69 Å². The molecule has 2 aromatic rings. The van der Waals surface area contributed by atoms with Crippen molar-refractivity contribution in [2.45, 2.75) is 6.92 Å². The number of benzene rings is 1. The van der Waals surface area contributed by atoms with Crippen LogP contribution in [-0.2, 0) is 0 Å². The SMILES string of the molecule is COc1ccc(NC(=O)c2nc(N)ccc2Cl)cc1C. The summed E-state index contributed by atoms with van der Waals surface area (Å²) >= 11 is 5.94. The van der Waals surface area contributed by atoms with Crippen LogP contribution in [0.15, 0.2) is 30.3 Å². The monoisotopic (exact) mass is 291 g/mol. The van der Waals surface area contributed by atoms with Gasteiger partial charge in [0.1, 0.15) is 17.3 Å². The maximum Gasteiger partial charge on any atom is 0.275 e. The van der Waals surface area contributed by atoms with Crippen LogP contribution in [-0.4, -0.2) is 18.0 Å². The molecule has 0 bridgehead atoms. The molecular weight excluding hydrogens is 278 g/mol. The van der Waals surface area contributed by atoms with Crippen molar-refractivity contribution in [3.63, 3.8) is 0 Å².